The van der Waals surface area contributed by atoms with Crippen molar-refractivity contribution in [3.63, 3.8) is 0 Å². The molecular weight excluding hydrogens is 252 g/mol. The Morgan fingerprint density at radius 2 is 2.00 bits per heavy atom. The van der Waals surface area contributed by atoms with Crippen LogP contribution in [-0.2, 0) is 0 Å². The van der Waals surface area contributed by atoms with E-state index in [1.807, 2.05) is 0 Å². The van der Waals surface area contributed by atoms with E-state index >= 15 is 0 Å². The highest BCUT2D eigenvalue weighted by molar-refractivity contribution is 5.37. The van der Waals surface area contributed by atoms with Crippen molar-refractivity contribution in [3.05, 3.63) is 58.9 Å². The summed E-state index contributed by atoms with van der Waals surface area (Å²) >= 11 is 0. The molecule has 0 fully saturated rings. The van der Waals surface area contributed by atoms with Gasteiger partial charge in [0.1, 0.15) is 29.2 Å². The Balaban J connectivity index is 2.50. The Bertz CT molecular complexity index is 602. The van der Waals surface area contributed by atoms with Gasteiger partial charge in [-0.3, -0.25) is 4.98 Å². The normalized spacial score (nSPS) is 12.3. The maximum atomic E-state index is 13.7. The van der Waals surface area contributed by atoms with Gasteiger partial charge < -0.3 is 9.84 Å². The summed E-state index contributed by atoms with van der Waals surface area (Å²) in [6, 6.07) is 5.27. The molecule has 1 N–H and O–H groups in total. The van der Waals surface area contributed by atoms with E-state index in [-0.39, 0.29) is 16.8 Å². The molecule has 0 radical (unpaired) electrons. The number of halogens is 2. The first kappa shape index (κ1) is 13.4. The molecule has 2 aromatic rings. The molecule has 1 aromatic heterocycles. The quantitative estimate of drug-likeness (QED) is 0.927. The van der Waals surface area contributed by atoms with Crippen LogP contribution in [-0.4, -0.2) is 17.2 Å². The maximum absolute atomic E-state index is 13.7. The van der Waals surface area contributed by atoms with Crippen molar-refractivity contribution in [2.75, 3.05) is 7.11 Å². The second-order valence-electron chi connectivity index (χ2n) is 4.12. The van der Waals surface area contributed by atoms with Crippen LogP contribution in [0.2, 0.25) is 0 Å². The van der Waals surface area contributed by atoms with Crippen molar-refractivity contribution >= 4 is 0 Å². The zero-order valence-electron chi connectivity index (χ0n) is 10.5. The van der Waals surface area contributed by atoms with E-state index in [1.165, 1.54) is 26.3 Å². The summed E-state index contributed by atoms with van der Waals surface area (Å²) in [7, 11) is 1.43. The molecule has 19 heavy (non-hydrogen) atoms. The van der Waals surface area contributed by atoms with E-state index in [0.29, 0.717) is 5.75 Å². The predicted octanol–water partition coefficient (Wildman–Crippen LogP) is 2.76. The minimum absolute atomic E-state index is 0.0316. The van der Waals surface area contributed by atoms with Gasteiger partial charge in [0.05, 0.1) is 7.11 Å². The van der Waals surface area contributed by atoms with Crippen molar-refractivity contribution in [2.45, 2.75) is 13.0 Å². The highest BCUT2D eigenvalue weighted by Gasteiger charge is 2.21. The van der Waals surface area contributed by atoms with Crippen molar-refractivity contribution in [1.29, 1.82) is 0 Å². The van der Waals surface area contributed by atoms with Crippen LogP contribution in [0.5, 0.6) is 5.75 Å². The molecule has 0 bridgehead atoms. The van der Waals surface area contributed by atoms with Crippen LogP contribution in [0.4, 0.5) is 8.78 Å². The van der Waals surface area contributed by atoms with Crippen LogP contribution >= 0.6 is 0 Å². The van der Waals surface area contributed by atoms with E-state index in [1.54, 1.807) is 12.1 Å². The number of rotatable bonds is 3. The van der Waals surface area contributed by atoms with Gasteiger partial charge in [0.15, 0.2) is 0 Å². The van der Waals surface area contributed by atoms with Crippen molar-refractivity contribution in [2.24, 2.45) is 0 Å². The second kappa shape index (κ2) is 5.32. The average molecular weight is 265 g/mol. The summed E-state index contributed by atoms with van der Waals surface area (Å²) in [5.41, 5.74) is 0.413. The molecule has 3 nitrogen and oxygen atoms in total. The highest BCUT2D eigenvalue weighted by Crippen LogP contribution is 2.30. The lowest BCUT2D eigenvalue weighted by atomic mass is 10.0. The number of methoxy groups -OCH3 is 1. The topological polar surface area (TPSA) is 42.4 Å². The molecule has 0 saturated carbocycles. The number of nitrogens with zero attached hydrogens (tertiary/aromatic N) is 1. The Morgan fingerprint density at radius 3 is 2.68 bits per heavy atom. The first-order valence-electron chi connectivity index (χ1n) is 5.67. The fourth-order valence-corrected chi connectivity index (χ4v) is 1.82. The molecule has 0 amide bonds. The number of hydrogen-bond acceptors (Lipinski definition) is 3. The maximum Gasteiger partial charge on any atom is 0.143 e. The number of ether oxygens (including phenoxy) is 1. The van der Waals surface area contributed by atoms with Gasteiger partial charge >= 0.3 is 0 Å². The van der Waals surface area contributed by atoms with Crippen molar-refractivity contribution in [3.8, 4) is 5.75 Å². The lowest BCUT2D eigenvalue weighted by Gasteiger charge is -2.15. The summed E-state index contributed by atoms with van der Waals surface area (Å²) in [6.07, 6.45) is 0.158. The largest absolute Gasteiger partial charge is 0.495 e. The molecule has 1 heterocycles. The van der Waals surface area contributed by atoms with Gasteiger partial charge in [-0.1, -0.05) is 0 Å². The van der Waals surface area contributed by atoms with Gasteiger partial charge in [0, 0.05) is 17.8 Å². The van der Waals surface area contributed by atoms with Crippen LogP contribution < -0.4 is 4.74 Å². The van der Waals surface area contributed by atoms with Crippen LogP contribution in [0.15, 0.2) is 30.5 Å². The number of pyridine rings is 1. The third-order valence-corrected chi connectivity index (χ3v) is 2.85. The fraction of sp³-hybridized carbons (Fsp3) is 0.214. The molecule has 2 rings (SSSR count). The molecule has 0 aliphatic carbocycles. The van der Waals surface area contributed by atoms with Gasteiger partial charge in [0.2, 0.25) is 0 Å². The highest BCUT2D eigenvalue weighted by atomic mass is 19.1. The lowest BCUT2D eigenvalue weighted by Crippen LogP contribution is -2.08. The molecule has 1 unspecified atom stereocenters. The van der Waals surface area contributed by atoms with Gasteiger partial charge in [-0.05, 0) is 30.7 Å². The molecule has 1 aromatic carbocycles. The molecule has 0 saturated heterocycles. The number of aliphatic hydroxyl groups is 1. The average Bonchev–Trinajstić information content (AvgIpc) is 2.42. The lowest BCUT2D eigenvalue weighted by molar-refractivity contribution is 0.204. The van der Waals surface area contributed by atoms with Crippen molar-refractivity contribution in [1.82, 2.24) is 4.98 Å². The molecule has 0 aliphatic rings. The van der Waals surface area contributed by atoms with Gasteiger partial charge in [0.25, 0.3) is 0 Å². The monoisotopic (exact) mass is 265 g/mol. The zero-order valence-corrected chi connectivity index (χ0v) is 10.5. The molecular formula is C14H13F2NO2. The summed E-state index contributed by atoms with van der Waals surface area (Å²) in [5.74, 6) is -1.12. The van der Waals surface area contributed by atoms with Crippen LogP contribution in [0, 0.1) is 18.6 Å². The second-order valence-corrected chi connectivity index (χ2v) is 4.12. The first-order chi connectivity index (χ1) is 9.04. The molecule has 5 heteroatoms. The van der Waals surface area contributed by atoms with Crippen molar-refractivity contribution < 1.29 is 18.6 Å². The molecule has 0 spiro atoms. The summed E-state index contributed by atoms with van der Waals surface area (Å²) < 4.78 is 32.0. The minimum atomic E-state index is -1.31. The van der Waals surface area contributed by atoms with E-state index in [2.05, 4.69) is 4.98 Å². The molecule has 100 valence electrons. The van der Waals surface area contributed by atoms with Crippen LogP contribution in [0.3, 0.4) is 0 Å². The van der Waals surface area contributed by atoms with Gasteiger partial charge in [-0.2, -0.15) is 0 Å². The van der Waals surface area contributed by atoms with Crippen LogP contribution in [0.1, 0.15) is 22.9 Å². The summed E-state index contributed by atoms with van der Waals surface area (Å²) in [5, 5.41) is 10.2. The van der Waals surface area contributed by atoms with Crippen LogP contribution in [0.25, 0.3) is 0 Å². The number of aromatic nitrogens is 1. The third-order valence-electron chi connectivity index (χ3n) is 2.85. The molecule has 1 atom stereocenters. The SMILES string of the molecule is COc1cccnc1C(O)c1cc(C)c(F)cc1F. The summed E-state index contributed by atoms with van der Waals surface area (Å²) in [6.45, 7) is 1.50. The summed E-state index contributed by atoms with van der Waals surface area (Å²) in [4.78, 5) is 3.98. The minimum Gasteiger partial charge on any atom is -0.495 e. The number of hydrogen-bond donors (Lipinski definition) is 1. The Kier molecular flexibility index (Phi) is 3.76. The first-order valence-corrected chi connectivity index (χ1v) is 5.67. The van der Waals surface area contributed by atoms with E-state index in [9.17, 15) is 13.9 Å². The third kappa shape index (κ3) is 2.56. The number of aryl methyl sites for hydroxylation is 1. The predicted molar refractivity (Wildman–Crippen MR) is 65.9 cm³/mol. The van der Waals surface area contributed by atoms with Gasteiger partial charge in [-0.25, -0.2) is 8.78 Å². The Morgan fingerprint density at radius 1 is 1.26 bits per heavy atom. The van der Waals surface area contributed by atoms with E-state index in [0.717, 1.165) is 6.07 Å². The molecule has 0 aliphatic heterocycles. The Hall–Kier alpha value is -2.01. The van der Waals surface area contributed by atoms with E-state index < -0.39 is 17.7 Å². The van der Waals surface area contributed by atoms with E-state index in [4.69, 9.17) is 4.74 Å². The number of aliphatic hydroxyl groups excluding tert-OH is 1. The Labute approximate surface area is 109 Å². The smallest absolute Gasteiger partial charge is 0.143 e. The fourth-order valence-electron chi connectivity index (χ4n) is 1.82. The standard InChI is InChI=1S/C14H13F2NO2/c1-8-6-9(11(16)7-10(8)15)14(18)13-12(19-2)4-3-5-17-13/h3-7,14,18H,1-2H3. The zero-order chi connectivity index (χ0) is 14.0. The van der Waals surface area contributed by atoms with Gasteiger partial charge in [-0.15, -0.1) is 0 Å². The number of benzene rings is 1.